The van der Waals surface area contributed by atoms with E-state index in [0.29, 0.717) is 0 Å². The van der Waals surface area contributed by atoms with E-state index >= 15 is 0 Å². The molecule has 0 amide bonds. The fourth-order valence-electron chi connectivity index (χ4n) is 3.48. The Hall–Kier alpha value is -1.39. The summed E-state index contributed by atoms with van der Waals surface area (Å²) in [5, 5.41) is 0. The molecule has 3 heterocycles. The molecule has 0 bridgehead atoms. The first-order valence-electron chi connectivity index (χ1n) is 9.21. The van der Waals surface area contributed by atoms with Crippen LogP contribution >= 0.6 is 11.3 Å². The van der Waals surface area contributed by atoms with Crippen LogP contribution in [-0.2, 0) is 12.8 Å². The number of H-pyrrole nitrogens is 1. The average molecular weight is 361 g/mol. The number of rotatable bonds is 7. The Labute approximate surface area is 156 Å². The van der Waals surface area contributed by atoms with E-state index in [9.17, 15) is 4.79 Å². The summed E-state index contributed by atoms with van der Waals surface area (Å²) in [6.07, 6.45) is 7.27. The van der Waals surface area contributed by atoms with Crippen molar-refractivity contribution in [3.8, 4) is 10.4 Å². The molecule has 0 saturated carbocycles. The van der Waals surface area contributed by atoms with Gasteiger partial charge < -0.3 is 9.88 Å². The van der Waals surface area contributed by atoms with Crippen LogP contribution in [0.1, 0.15) is 56.2 Å². The number of unbranched alkanes of at least 4 members (excludes halogenated alkanes) is 1. The highest BCUT2D eigenvalue weighted by atomic mass is 32.1. The van der Waals surface area contributed by atoms with Crippen LogP contribution in [0.2, 0.25) is 0 Å². The van der Waals surface area contributed by atoms with E-state index in [0.717, 1.165) is 17.7 Å². The van der Waals surface area contributed by atoms with Crippen LogP contribution in [0.5, 0.6) is 0 Å². The Morgan fingerprint density at radius 3 is 2.68 bits per heavy atom. The first kappa shape index (κ1) is 19.9. The zero-order valence-electron chi connectivity index (χ0n) is 14.9. The topological polar surface area (TPSA) is 36.1 Å². The van der Waals surface area contributed by atoms with Crippen molar-refractivity contribution in [3.63, 3.8) is 0 Å². The number of aromatic nitrogens is 1. The van der Waals surface area contributed by atoms with Crippen molar-refractivity contribution >= 4 is 11.3 Å². The van der Waals surface area contributed by atoms with Crippen molar-refractivity contribution in [2.24, 2.45) is 0 Å². The van der Waals surface area contributed by atoms with E-state index in [4.69, 9.17) is 0 Å². The molecule has 1 aliphatic rings. The second-order valence-electron chi connectivity index (χ2n) is 6.79. The molecule has 0 radical (unpaired) electrons. The Kier molecular flexibility index (Phi) is 7.45. The van der Waals surface area contributed by atoms with E-state index in [1.165, 1.54) is 67.1 Å². The summed E-state index contributed by atoms with van der Waals surface area (Å²) in [7, 11) is 0. The Balaban J connectivity index is 0.00000225. The lowest BCUT2D eigenvalue weighted by molar-refractivity contribution is 0.330. The molecule has 0 atom stereocenters. The van der Waals surface area contributed by atoms with Crippen LogP contribution in [0.25, 0.3) is 10.4 Å². The third-order valence-corrected chi connectivity index (χ3v) is 6.15. The van der Waals surface area contributed by atoms with Crippen LogP contribution in [-0.4, -0.2) is 29.5 Å². The molecule has 1 aliphatic heterocycles. The molecule has 2 aromatic heterocycles. The maximum absolute atomic E-state index is 11.9. The number of thiophene rings is 1. The second-order valence-corrected chi connectivity index (χ2v) is 7.96. The number of nitrogens with zero attached hydrogens (tertiary/aromatic N) is 1. The lowest BCUT2D eigenvalue weighted by Gasteiger charge is -2.13. The number of hydrogen-bond acceptors (Lipinski definition) is 3. The maximum atomic E-state index is 11.9. The lowest BCUT2D eigenvalue weighted by atomic mass is 10.1. The standard InChI is InChI=1S/C20H28N2OS.CH4/c1-3-16-14-18(15(2)21-20(16)23)19-10-9-17(24-19)8-4-5-11-22-12-6-7-13-22;/h9-10,14H,3-8,11-13H2,1-2H3,(H,21,23);1H4. The Morgan fingerprint density at radius 2 is 1.96 bits per heavy atom. The number of hydrogen-bond donors (Lipinski definition) is 1. The molecular formula is C21H32N2OS. The van der Waals surface area contributed by atoms with Gasteiger partial charge in [-0.1, -0.05) is 14.4 Å². The minimum absolute atomic E-state index is 0. The second kappa shape index (κ2) is 9.35. The van der Waals surface area contributed by atoms with Crippen LogP contribution in [0.4, 0.5) is 0 Å². The van der Waals surface area contributed by atoms with E-state index in [2.05, 4.69) is 28.1 Å². The summed E-state index contributed by atoms with van der Waals surface area (Å²) in [5.74, 6) is 0. The first-order chi connectivity index (χ1) is 11.7. The van der Waals surface area contributed by atoms with Crippen molar-refractivity contribution in [3.05, 3.63) is 44.7 Å². The van der Waals surface area contributed by atoms with Crippen LogP contribution < -0.4 is 5.56 Å². The van der Waals surface area contributed by atoms with Crippen molar-refractivity contribution in [1.29, 1.82) is 0 Å². The number of nitrogens with one attached hydrogen (secondary N) is 1. The van der Waals surface area contributed by atoms with Gasteiger partial charge in [-0.2, -0.15) is 0 Å². The molecule has 1 fully saturated rings. The largest absolute Gasteiger partial charge is 0.326 e. The highest BCUT2D eigenvalue weighted by Gasteiger charge is 2.11. The van der Waals surface area contributed by atoms with Crippen molar-refractivity contribution < 1.29 is 0 Å². The minimum atomic E-state index is 0. The third-order valence-electron chi connectivity index (χ3n) is 4.97. The van der Waals surface area contributed by atoms with Crippen LogP contribution in [0, 0.1) is 6.92 Å². The minimum Gasteiger partial charge on any atom is -0.326 e. The van der Waals surface area contributed by atoms with Gasteiger partial charge in [0.15, 0.2) is 0 Å². The monoisotopic (exact) mass is 360 g/mol. The lowest BCUT2D eigenvalue weighted by Crippen LogP contribution is -2.20. The molecule has 0 unspecified atom stereocenters. The van der Waals surface area contributed by atoms with Crippen molar-refractivity contribution in [1.82, 2.24) is 9.88 Å². The van der Waals surface area contributed by atoms with Gasteiger partial charge in [-0.15, -0.1) is 11.3 Å². The summed E-state index contributed by atoms with van der Waals surface area (Å²) in [4.78, 5) is 20.2. The molecule has 1 N–H and O–H groups in total. The summed E-state index contributed by atoms with van der Waals surface area (Å²) in [6, 6.07) is 6.53. The molecule has 4 heteroatoms. The first-order valence-corrected chi connectivity index (χ1v) is 10.0. The molecule has 0 spiro atoms. The highest BCUT2D eigenvalue weighted by molar-refractivity contribution is 7.15. The van der Waals surface area contributed by atoms with Crippen LogP contribution in [0.15, 0.2) is 23.0 Å². The summed E-state index contributed by atoms with van der Waals surface area (Å²) in [5.41, 5.74) is 3.08. The molecule has 0 aromatic carbocycles. The van der Waals surface area contributed by atoms with Gasteiger partial charge in [0.05, 0.1) is 0 Å². The van der Waals surface area contributed by atoms with Gasteiger partial charge in [-0.25, -0.2) is 0 Å². The van der Waals surface area contributed by atoms with Gasteiger partial charge in [0, 0.05) is 26.6 Å². The SMILES string of the molecule is C.CCc1cc(-c2ccc(CCCCN3CCCC3)s2)c(C)[nH]c1=O. The quantitative estimate of drug-likeness (QED) is 0.703. The molecule has 3 nitrogen and oxygen atoms in total. The smallest absolute Gasteiger partial charge is 0.251 e. The van der Waals surface area contributed by atoms with Gasteiger partial charge in [0.1, 0.15) is 0 Å². The number of pyridine rings is 1. The third kappa shape index (κ3) is 5.05. The summed E-state index contributed by atoms with van der Waals surface area (Å²) >= 11 is 1.87. The number of aromatic amines is 1. The van der Waals surface area contributed by atoms with E-state index in [-0.39, 0.29) is 13.0 Å². The highest BCUT2D eigenvalue weighted by Crippen LogP contribution is 2.30. The zero-order valence-corrected chi connectivity index (χ0v) is 15.7. The summed E-state index contributed by atoms with van der Waals surface area (Å²) < 4.78 is 0. The van der Waals surface area contributed by atoms with E-state index in [1.54, 1.807) is 0 Å². The van der Waals surface area contributed by atoms with Gasteiger partial charge in [-0.3, -0.25) is 4.79 Å². The Bertz CT molecular complexity index is 726. The predicted molar refractivity (Wildman–Crippen MR) is 110 cm³/mol. The fourth-order valence-corrected chi connectivity index (χ4v) is 4.61. The molecule has 1 saturated heterocycles. The molecule has 3 rings (SSSR count). The van der Waals surface area contributed by atoms with Gasteiger partial charge in [-0.05, 0) is 83.3 Å². The van der Waals surface area contributed by atoms with E-state index in [1.807, 2.05) is 25.2 Å². The average Bonchev–Trinajstić information content (AvgIpc) is 3.23. The molecule has 2 aromatic rings. The van der Waals surface area contributed by atoms with Gasteiger partial charge >= 0.3 is 0 Å². The van der Waals surface area contributed by atoms with Crippen molar-refractivity contribution in [2.75, 3.05) is 19.6 Å². The van der Waals surface area contributed by atoms with Crippen molar-refractivity contribution in [2.45, 2.75) is 59.8 Å². The van der Waals surface area contributed by atoms with Crippen LogP contribution in [0.3, 0.4) is 0 Å². The summed E-state index contributed by atoms with van der Waals surface area (Å²) in [6.45, 7) is 7.88. The predicted octanol–water partition coefficient (Wildman–Crippen LogP) is 5.03. The number of aryl methyl sites for hydroxylation is 3. The van der Waals surface area contributed by atoms with Gasteiger partial charge in [0.2, 0.25) is 0 Å². The fraction of sp³-hybridized carbons (Fsp3) is 0.571. The molecular weight excluding hydrogens is 328 g/mol. The van der Waals surface area contributed by atoms with Gasteiger partial charge in [0.25, 0.3) is 5.56 Å². The Morgan fingerprint density at radius 1 is 1.20 bits per heavy atom. The molecule has 0 aliphatic carbocycles. The maximum Gasteiger partial charge on any atom is 0.251 e. The normalized spacial score (nSPS) is 14.6. The molecule has 138 valence electrons. The molecule has 25 heavy (non-hydrogen) atoms. The number of likely N-dealkylation sites (tertiary alicyclic amines) is 1. The van der Waals surface area contributed by atoms with E-state index < -0.39 is 0 Å². The zero-order chi connectivity index (χ0) is 16.9.